The lowest BCUT2D eigenvalue weighted by atomic mass is 10.2. The van der Waals surface area contributed by atoms with Crippen molar-refractivity contribution in [3.8, 4) is 0 Å². The minimum atomic E-state index is 0. The van der Waals surface area contributed by atoms with Gasteiger partial charge < -0.3 is 5.32 Å². The van der Waals surface area contributed by atoms with Gasteiger partial charge in [-0.05, 0) is 19.4 Å². The average molecular weight is 252 g/mol. The van der Waals surface area contributed by atoms with Gasteiger partial charge in [0.25, 0.3) is 0 Å². The number of hydrogen-bond acceptors (Lipinski definition) is 2. The second-order valence-electron chi connectivity index (χ2n) is 3.86. The van der Waals surface area contributed by atoms with Crippen molar-refractivity contribution in [2.45, 2.75) is 26.9 Å². The van der Waals surface area contributed by atoms with Gasteiger partial charge in [-0.3, -0.25) is 4.68 Å². The van der Waals surface area contributed by atoms with E-state index < -0.39 is 0 Å². The predicted octanol–water partition coefficient (Wildman–Crippen LogP) is 3.25. The summed E-state index contributed by atoms with van der Waals surface area (Å²) in [6.07, 6.45) is 2.06. The van der Waals surface area contributed by atoms with Crippen LogP contribution in [0.25, 0.3) is 0 Å². The van der Waals surface area contributed by atoms with Crippen LogP contribution < -0.4 is 5.32 Å². The standard InChI is InChI=1S/C13H17N3.ClH/c1-3-16-10-11(2)13(15-16)14-9-12-7-5-4-6-8-12;/h4-8,10H,3,9H2,1-2H3,(H,14,15);1H. The zero-order chi connectivity index (χ0) is 11.4. The Bertz CT molecular complexity index is 451. The first kappa shape index (κ1) is 13.6. The van der Waals surface area contributed by atoms with E-state index in [-0.39, 0.29) is 12.4 Å². The van der Waals surface area contributed by atoms with Crippen molar-refractivity contribution in [1.82, 2.24) is 9.78 Å². The summed E-state index contributed by atoms with van der Waals surface area (Å²) in [5.41, 5.74) is 2.46. The van der Waals surface area contributed by atoms with Gasteiger partial charge in [0.2, 0.25) is 0 Å². The van der Waals surface area contributed by atoms with Gasteiger partial charge in [0.05, 0.1) is 0 Å². The molecule has 0 aliphatic heterocycles. The van der Waals surface area contributed by atoms with Crippen molar-refractivity contribution < 1.29 is 0 Å². The molecule has 0 radical (unpaired) electrons. The van der Waals surface area contributed by atoms with E-state index in [9.17, 15) is 0 Å². The second kappa shape index (κ2) is 6.30. The first-order valence-electron chi connectivity index (χ1n) is 5.61. The fourth-order valence-corrected chi connectivity index (χ4v) is 1.64. The number of hydrogen-bond donors (Lipinski definition) is 1. The lowest BCUT2D eigenvalue weighted by Gasteiger charge is -2.03. The molecule has 1 heterocycles. The molecule has 3 nitrogen and oxygen atoms in total. The maximum absolute atomic E-state index is 4.45. The van der Waals surface area contributed by atoms with Gasteiger partial charge in [-0.1, -0.05) is 30.3 Å². The van der Waals surface area contributed by atoms with Crippen LogP contribution in [-0.4, -0.2) is 9.78 Å². The van der Waals surface area contributed by atoms with Crippen molar-refractivity contribution in [1.29, 1.82) is 0 Å². The van der Waals surface area contributed by atoms with E-state index in [1.807, 2.05) is 10.7 Å². The van der Waals surface area contributed by atoms with Crippen LogP contribution in [0.3, 0.4) is 0 Å². The molecule has 2 rings (SSSR count). The molecule has 0 aliphatic rings. The van der Waals surface area contributed by atoms with E-state index >= 15 is 0 Å². The van der Waals surface area contributed by atoms with E-state index in [0.717, 1.165) is 18.9 Å². The summed E-state index contributed by atoms with van der Waals surface area (Å²) >= 11 is 0. The minimum Gasteiger partial charge on any atom is -0.364 e. The number of aryl methyl sites for hydroxylation is 2. The first-order chi connectivity index (χ1) is 7.79. The number of nitrogens with zero attached hydrogens (tertiary/aromatic N) is 2. The molecule has 0 amide bonds. The Labute approximate surface area is 108 Å². The molecule has 92 valence electrons. The zero-order valence-corrected chi connectivity index (χ0v) is 11.0. The number of aromatic nitrogens is 2. The molecular formula is C13H18ClN3. The minimum absolute atomic E-state index is 0. The zero-order valence-electron chi connectivity index (χ0n) is 10.2. The molecule has 2 aromatic rings. The average Bonchev–Trinajstić information content (AvgIpc) is 2.69. The fraction of sp³-hybridized carbons (Fsp3) is 0.308. The summed E-state index contributed by atoms with van der Waals surface area (Å²) in [7, 11) is 0. The molecule has 0 saturated heterocycles. The lowest BCUT2D eigenvalue weighted by molar-refractivity contribution is 0.661. The van der Waals surface area contributed by atoms with Crippen LogP contribution >= 0.6 is 12.4 Å². The molecule has 1 N–H and O–H groups in total. The van der Waals surface area contributed by atoms with Crippen LogP contribution in [0, 0.1) is 6.92 Å². The van der Waals surface area contributed by atoms with Gasteiger partial charge in [-0.2, -0.15) is 5.10 Å². The Morgan fingerprint density at radius 3 is 2.53 bits per heavy atom. The number of anilines is 1. The fourth-order valence-electron chi connectivity index (χ4n) is 1.64. The number of benzene rings is 1. The van der Waals surface area contributed by atoms with E-state index in [0.29, 0.717) is 0 Å². The van der Waals surface area contributed by atoms with Crippen molar-refractivity contribution in [2.75, 3.05) is 5.32 Å². The molecular weight excluding hydrogens is 234 g/mol. The van der Waals surface area contributed by atoms with E-state index in [1.165, 1.54) is 11.1 Å². The van der Waals surface area contributed by atoms with Crippen molar-refractivity contribution >= 4 is 18.2 Å². The topological polar surface area (TPSA) is 29.9 Å². The molecule has 0 aliphatic carbocycles. The van der Waals surface area contributed by atoms with E-state index in [1.54, 1.807) is 0 Å². The van der Waals surface area contributed by atoms with Gasteiger partial charge in [0, 0.05) is 24.8 Å². The Morgan fingerprint density at radius 1 is 1.24 bits per heavy atom. The number of rotatable bonds is 4. The number of halogens is 1. The summed E-state index contributed by atoms with van der Waals surface area (Å²) in [5, 5.41) is 7.80. The second-order valence-corrected chi connectivity index (χ2v) is 3.86. The van der Waals surface area contributed by atoms with Crippen molar-refractivity contribution in [2.24, 2.45) is 0 Å². The highest BCUT2D eigenvalue weighted by molar-refractivity contribution is 5.85. The first-order valence-corrected chi connectivity index (χ1v) is 5.61. The van der Waals surface area contributed by atoms with Crippen LogP contribution in [0.15, 0.2) is 36.5 Å². The van der Waals surface area contributed by atoms with E-state index in [4.69, 9.17) is 0 Å². The molecule has 0 saturated carbocycles. The highest BCUT2D eigenvalue weighted by Crippen LogP contribution is 2.12. The molecule has 4 heteroatoms. The summed E-state index contributed by atoms with van der Waals surface area (Å²) in [6.45, 7) is 5.90. The third-order valence-electron chi connectivity index (χ3n) is 2.57. The van der Waals surface area contributed by atoms with E-state index in [2.05, 4.69) is 54.7 Å². The molecule has 1 aromatic heterocycles. The number of nitrogens with one attached hydrogen (secondary N) is 1. The quantitative estimate of drug-likeness (QED) is 0.904. The Kier molecular flexibility index (Phi) is 5.04. The van der Waals surface area contributed by atoms with Gasteiger partial charge in [0.1, 0.15) is 0 Å². The van der Waals surface area contributed by atoms with Gasteiger partial charge in [0.15, 0.2) is 5.82 Å². The van der Waals surface area contributed by atoms with Crippen LogP contribution in [-0.2, 0) is 13.1 Å². The molecule has 1 aromatic carbocycles. The SMILES string of the molecule is CCn1cc(C)c(NCc2ccccc2)n1.Cl. The van der Waals surface area contributed by atoms with Crippen LogP contribution in [0.2, 0.25) is 0 Å². The van der Waals surface area contributed by atoms with Gasteiger partial charge in [-0.15, -0.1) is 12.4 Å². The third-order valence-corrected chi connectivity index (χ3v) is 2.57. The van der Waals surface area contributed by atoms with Gasteiger partial charge >= 0.3 is 0 Å². The monoisotopic (exact) mass is 251 g/mol. The summed E-state index contributed by atoms with van der Waals surface area (Å²) < 4.78 is 1.95. The van der Waals surface area contributed by atoms with Gasteiger partial charge in [-0.25, -0.2) is 0 Å². The maximum Gasteiger partial charge on any atom is 0.151 e. The van der Waals surface area contributed by atoms with Crippen molar-refractivity contribution in [3.05, 3.63) is 47.7 Å². The van der Waals surface area contributed by atoms with Crippen LogP contribution in [0.4, 0.5) is 5.82 Å². The van der Waals surface area contributed by atoms with Crippen LogP contribution in [0.5, 0.6) is 0 Å². The summed E-state index contributed by atoms with van der Waals surface area (Å²) in [6, 6.07) is 10.3. The highest BCUT2D eigenvalue weighted by Gasteiger charge is 2.02. The third kappa shape index (κ3) is 3.49. The molecule has 0 atom stereocenters. The Morgan fingerprint density at radius 2 is 1.94 bits per heavy atom. The Balaban J connectivity index is 0.00000144. The maximum atomic E-state index is 4.45. The van der Waals surface area contributed by atoms with Crippen molar-refractivity contribution in [3.63, 3.8) is 0 Å². The molecule has 0 unspecified atom stereocenters. The Hall–Kier alpha value is -1.48. The molecule has 0 bridgehead atoms. The summed E-state index contributed by atoms with van der Waals surface area (Å²) in [4.78, 5) is 0. The summed E-state index contributed by atoms with van der Waals surface area (Å²) in [5.74, 6) is 0.978. The van der Waals surface area contributed by atoms with Crippen LogP contribution in [0.1, 0.15) is 18.1 Å². The highest BCUT2D eigenvalue weighted by atomic mass is 35.5. The smallest absolute Gasteiger partial charge is 0.151 e. The largest absolute Gasteiger partial charge is 0.364 e. The molecule has 0 fully saturated rings. The predicted molar refractivity (Wildman–Crippen MR) is 73.7 cm³/mol. The normalized spacial score (nSPS) is 9.76. The lowest BCUT2D eigenvalue weighted by Crippen LogP contribution is -2.02. The molecule has 17 heavy (non-hydrogen) atoms. The molecule has 0 spiro atoms.